The predicted molar refractivity (Wildman–Crippen MR) is 116 cm³/mol. The summed E-state index contributed by atoms with van der Waals surface area (Å²) in [6, 6.07) is 9.73. The summed E-state index contributed by atoms with van der Waals surface area (Å²) in [5.41, 5.74) is 1.20. The fourth-order valence-electron chi connectivity index (χ4n) is 4.61. The summed E-state index contributed by atoms with van der Waals surface area (Å²) in [6.45, 7) is 1.42. The second-order valence-corrected chi connectivity index (χ2v) is 10.3. The summed E-state index contributed by atoms with van der Waals surface area (Å²) in [4.78, 5) is 27.2. The van der Waals surface area contributed by atoms with Gasteiger partial charge in [0, 0.05) is 38.6 Å². The lowest BCUT2D eigenvalue weighted by molar-refractivity contribution is -0.133. The Labute approximate surface area is 179 Å². The molecule has 1 N–H and O–H groups in total. The highest BCUT2D eigenvalue weighted by Gasteiger charge is 2.39. The van der Waals surface area contributed by atoms with Crippen molar-refractivity contribution in [2.45, 2.75) is 51.0 Å². The number of amides is 2. The third kappa shape index (κ3) is 6.04. The highest BCUT2D eigenvalue weighted by molar-refractivity contribution is 7.88. The second-order valence-electron chi connectivity index (χ2n) is 8.34. The minimum absolute atomic E-state index is 0.00870. The van der Waals surface area contributed by atoms with Gasteiger partial charge in [-0.3, -0.25) is 9.59 Å². The van der Waals surface area contributed by atoms with Gasteiger partial charge in [-0.2, -0.15) is 4.31 Å². The summed E-state index contributed by atoms with van der Waals surface area (Å²) in [5, 5.41) is 2.94. The van der Waals surface area contributed by atoms with Gasteiger partial charge in [0.25, 0.3) is 0 Å². The number of nitrogens with zero attached hydrogens (tertiary/aromatic N) is 2. The lowest BCUT2D eigenvalue weighted by Gasteiger charge is -2.39. The van der Waals surface area contributed by atoms with Crippen LogP contribution in [0.3, 0.4) is 0 Å². The summed E-state index contributed by atoms with van der Waals surface area (Å²) < 4.78 is 26.5. The zero-order valence-electron chi connectivity index (χ0n) is 17.8. The SMILES string of the molecule is CS(=O)(=O)N1CCN(C(=O)CCCc2ccccc2)CCNC(=O)C2CCCCC21. The molecule has 166 valence electrons. The van der Waals surface area contributed by atoms with Crippen LogP contribution in [0.1, 0.15) is 44.1 Å². The maximum Gasteiger partial charge on any atom is 0.224 e. The molecule has 30 heavy (non-hydrogen) atoms. The maximum atomic E-state index is 12.8. The van der Waals surface area contributed by atoms with Crippen molar-refractivity contribution in [3.63, 3.8) is 0 Å². The van der Waals surface area contributed by atoms with Gasteiger partial charge in [0.15, 0.2) is 0 Å². The number of nitrogens with one attached hydrogen (secondary N) is 1. The maximum absolute atomic E-state index is 12.8. The Balaban J connectivity index is 1.66. The topological polar surface area (TPSA) is 86.8 Å². The average molecular weight is 436 g/mol. The van der Waals surface area contributed by atoms with Gasteiger partial charge in [0.1, 0.15) is 0 Å². The molecular weight excluding hydrogens is 402 g/mol. The summed E-state index contributed by atoms with van der Waals surface area (Å²) in [5.74, 6) is -0.386. The molecule has 1 aromatic carbocycles. The van der Waals surface area contributed by atoms with E-state index in [1.54, 1.807) is 4.90 Å². The van der Waals surface area contributed by atoms with Gasteiger partial charge in [-0.05, 0) is 31.2 Å². The Morgan fingerprint density at radius 1 is 1.10 bits per heavy atom. The van der Waals surface area contributed by atoms with E-state index >= 15 is 0 Å². The number of hydrogen-bond donors (Lipinski definition) is 1. The smallest absolute Gasteiger partial charge is 0.224 e. The predicted octanol–water partition coefficient (Wildman–Crippen LogP) is 1.79. The Morgan fingerprint density at radius 3 is 2.57 bits per heavy atom. The number of sulfonamides is 1. The molecule has 2 unspecified atom stereocenters. The zero-order chi connectivity index (χ0) is 21.6. The molecule has 1 aromatic rings. The van der Waals surface area contributed by atoms with E-state index in [0.717, 1.165) is 25.7 Å². The number of benzene rings is 1. The Kier molecular flexibility index (Phi) is 7.88. The molecular formula is C22H33N3O4S. The van der Waals surface area contributed by atoms with Crippen LogP contribution in [0.2, 0.25) is 0 Å². The highest BCUT2D eigenvalue weighted by Crippen LogP contribution is 2.30. The van der Waals surface area contributed by atoms with E-state index in [9.17, 15) is 18.0 Å². The fourth-order valence-corrected chi connectivity index (χ4v) is 5.77. The van der Waals surface area contributed by atoms with Gasteiger partial charge in [0.05, 0.1) is 12.2 Å². The molecule has 0 aromatic heterocycles. The molecule has 2 amide bonds. The molecule has 7 nitrogen and oxygen atoms in total. The van der Waals surface area contributed by atoms with Crippen molar-refractivity contribution in [3.05, 3.63) is 35.9 Å². The molecule has 0 radical (unpaired) electrons. The van der Waals surface area contributed by atoms with Crippen LogP contribution in [-0.2, 0) is 26.0 Å². The Hall–Kier alpha value is -1.93. The molecule has 8 heteroatoms. The standard InChI is InChI=1S/C22H33N3O4S/c1-30(28,29)25-17-16-24(21(26)13-7-10-18-8-3-2-4-9-18)15-14-23-22(27)19-11-5-6-12-20(19)25/h2-4,8-9,19-20H,5-7,10-17H2,1H3,(H,23,27). The summed E-state index contributed by atoms with van der Waals surface area (Å²) in [7, 11) is -3.47. The number of rotatable bonds is 5. The van der Waals surface area contributed by atoms with Crippen molar-refractivity contribution >= 4 is 21.8 Å². The number of fused-ring (bicyclic) bond motifs is 1. The van der Waals surface area contributed by atoms with Crippen LogP contribution in [0.25, 0.3) is 0 Å². The lowest BCUT2D eigenvalue weighted by Crippen LogP contribution is -2.55. The molecule has 0 bridgehead atoms. The normalized spacial score (nSPS) is 24.0. The van der Waals surface area contributed by atoms with Crippen LogP contribution in [-0.4, -0.2) is 67.9 Å². The van der Waals surface area contributed by atoms with Crippen molar-refractivity contribution in [3.8, 4) is 0 Å². The third-order valence-electron chi connectivity index (χ3n) is 6.19. The first kappa shape index (κ1) is 22.7. The van der Waals surface area contributed by atoms with Crippen LogP contribution in [0.4, 0.5) is 0 Å². The summed E-state index contributed by atoms with van der Waals surface area (Å²) in [6.07, 6.45) is 6.45. The van der Waals surface area contributed by atoms with E-state index in [-0.39, 0.29) is 30.3 Å². The van der Waals surface area contributed by atoms with Crippen molar-refractivity contribution in [1.29, 1.82) is 0 Å². The van der Waals surface area contributed by atoms with E-state index in [2.05, 4.69) is 5.32 Å². The quantitative estimate of drug-likeness (QED) is 0.764. The molecule has 2 fully saturated rings. The van der Waals surface area contributed by atoms with Gasteiger partial charge >= 0.3 is 0 Å². The fraction of sp³-hybridized carbons (Fsp3) is 0.636. The largest absolute Gasteiger partial charge is 0.354 e. The van der Waals surface area contributed by atoms with Crippen molar-refractivity contribution in [2.75, 3.05) is 32.4 Å². The molecule has 1 aliphatic heterocycles. The van der Waals surface area contributed by atoms with Gasteiger partial charge in [-0.15, -0.1) is 0 Å². The molecule has 1 saturated carbocycles. The van der Waals surface area contributed by atoms with Crippen LogP contribution >= 0.6 is 0 Å². The first-order valence-electron chi connectivity index (χ1n) is 10.9. The van der Waals surface area contributed by atoms with Gasteiger partial charge in [-0.1, -0.05) is 43.2 Å². The summed E-state index contributed by atoms with van der Waals surface area (Å²) >= 11 is 0. The monoisotopic (exact) mass is 435 g/mol. The number of aryl methyl sites for hydroxylation is 1. The van der Waals surface area contributed by atoms with Crippen LogP contribution in [0, 0.1) is 5.92 Å². The number of carbonyl (C=O) groups excluding carboxylic acids is 2. The van der Waals surface area contributed by atoms with E-state index in [4.69, 9.17) is 0 Å². The first-order chi connectivity index (χ1) is 14.4. The van der Waals surface area contributed by atoms with Gasteiger partial charge in [-0.25, -0.2) is 8.42 Å². The van der Waals surface area contributed by atoms with E-state index < -0.39 is 10.0 Å². The number of carbonyl (C=O) groups is 2. The van der Waals surface area contributed by atoms with Crippen LogP contribution < -0.4 is 5.32 Å². The minimum Gasteiger partial charge on any atom is -0.354 e. The molecule has 1 saturated heterocycles. The lowest BCUT2D eigenvalue weighted by atomic mass is 9.83. The van der Waals surface area contributed by atoms with E-state index in [1.807, 2.05) is 30.3 Å². The van der Waals surface area contributed by atoms with E-state index in [0.29, 0.717) is 38.9 Å². The first-order valence-corrected chi connectivity index (χ1v) is 12.8. The van der Waals surface area contributed by atoms with Crippen molar-refractivity contribution < 1.29 is 18.0 Å². The van der Waals surface area contributed by atoms with Gasteiger partial charge in [0.2, 0.25) is 21.8 Å². The zero-order valence-corrected chi connectivity index (χ0v) is 18.6. The van der Waals surface area contributed by atoms with Crippen LogP contribution in [0.5, 0.6) is 0 Å². The molecule has 1 heterocycles. The van der Waals surface area contributed by atoms with Crippen LogP contribution in [0.15, 0.2) is 30.3 Å². The Bertz CT molecular complexity index is 828. The van der Waals surface area contributed by atoms with Crippen molar-refractivity contribution in [2.24, 2.45) is 5.92 Å². The molecule has 0 spiro atoms. The molecule has 2 aliphatic rings. The second kappa shape index (κ2) is 10.4. The number of hydrogen-bond acceptors (Lipinski definition) is 4. The molecule has 1 aliphatic carbocycles. The highest BCUT2D eigenvalue weighted by atomic mass is 32.2. The minimum atomic E-state index is -3.47. The van der Waals surface area contributed by atoms with Crippen molar-refractivity contribution in [1.82, 2.24) is 14.5 Å². The molecule has 2 atom stereocenters. The average Bonchev–Trinajstić information content (AvgIpc) is 2.72. The Morgan fingerprint density at radius 2 is 1.83 bits per heavy atom. The van der Waals surface area contributed by atoms with E-state index in [1.165, 1.54) is 16.1 Å². The third-order valence-corrected chi connectivity index (χ3v) is 7.49. The molecule has 3 rings (SSSR count). The van der Waals surface area contributed by atoms with Gasteiger partial charge < -0.3 is 10.2 Å².